The molecule has 4 atom stereocenters. The molecular weight excluding hydrogens is 538 g/mol. The smallest absolute Gasteiger partial charge is 0.408 e. The average Bonchev–Trinajstić information content (AvgIpc) is 3.64. The highest BCUT2D eigenvalue weighted by atomic mass is 16.4. The Morgan fingerprint density at radius 3 is 2.26 bits per heavy atom. The van der Waals surface area contributed by atoms with Crippen molar-refractivity contribution < 1.29 is 14.7 Å². The fourth-order valence-corrected chi connectivity index (χ4v) is 8.65. The molecule has 43 heavy (non-hydrogen) atoms. The monoisotopic (exact) mass is 585 g/mol. The molecule has 1 aliphatic carbocycles. The van der Waals surface area contributed by atoms with Gasteiger partial charge in [0.2, 0.25) is 5.91 Å². The van der Waals surface area contributed by atoms with E-state index in [2.05, 4.69) is 58.1 Å². The van der Waals surface area contributed by atoms with E-state index in [1.54, 1.807) is 0 Å². The molecule has 230 valence electrons. The quantitative estimate of drug-likeness (QED) is 0.302. The lowest BCUT2D eigenvalue weighted by atomic mass is 9.88. The summed E-state index contributed by atoms with van der Waals surface area (Å²) >= 11 is 0. The second-order valence-corrected chi connectivity index (χ2v) is 14.0. The van der Waals surface area contributed by atoms with Gasteiger partial charge in [0, 0.05) is 30.2 Å². The average molecular weight is 586 g/mol. The van der Waals surface area contributed by atoms with Gasteiger partial charge in [0.05, 0.1) is 17.1 Å². The van der Waals surface area contributed by atoms with Crippen molar-refractivity contribution in [1.82, 2.24) is 24.7 Å². The van der Waals surface area contributed by atoms with E-state index in [1.165, 1.54) is 23.3 Å². The molecule has 2 amide bonds. The van der Waals surface area contributed by atoms with Crippen molar-refractivity contribution >= 4 is 23.0 Å². The number of hydrogen-bond acceptors (Lipinski definition) is 4. The molecular formula is C35H47N5O3. The van der Waals surface area contributed by atoms with E-state index in [1.807, 2.05) is 39.0 Å². The van der Waals surface area contributed by atoms with Crippen LogP contribution in [0, 0.1) is 6.92 Å². The summed E-state index contributed by atoms with van der Waals surface area (Å²) in [5, 5.41) is 13.7. The molecule has 6 rings (SSSR count). The third-order valence-electron chi connectivity index (χ3n) is 10.3. The van der Waals surface area contributed by atoms with Gasteiger partial charge in [-0.15, -0.1) is 0 Å². The normalized spacial score (nSPS) is 24.2. The second-order valence-electron chi connectivity index (χ2n) is 14.0. The fraction of sp³-hybridized carbons (Fsp3) is 0.571. The molecule has 2 saturated heterocycles. The van der Waals surface area contributed by atoms with E-state index >= 15 is 0 Å². The number of fused-ring (bicyclic) bond motifs is 3. The molecule has 0 spiro atoms. The number of para-hydroxylation sites is 2. The Labute approximate surface area is 255 Å². The molecule has 8 nitrogen and oxygen atoms in total. The zero-order chi connectivity index (χ0) is 30.4. The number of carbonyl (C=O) groups excluding carboxylic acids is 1. The third kappa shape index (κ3) is 5.54. The summed E-state index contributed by atoms with van der Waals surface area (Å²) < 4.78 is 2.47. The second kappa shape index (κ2) is 11.6. The van der Waals surface area contributed by atoms with Crippen LogP contribution in [-0.2, 0) is 4.79 Å². The number of aryl methyl sites for hydroxylation is 1. The number of benzene rings is 2. The van der Waals surface area contributed by atoms with E-state index in [4.69, 9.17) is 4.98 Å². The molecule has 1 saturated carbocycles. The van der Waals surface area contributed by atoms with Gasteiger partial charge in [0.15, 0.2) is 0 Å². The molecule has 3 heterocycles. The van der Waals surface area contributed by atoms with Crippen LogP contribution in [0.25, 0.3) is 11.0 Å². The fourth-order valence-electron chi connectivity index (χ4n) is 8.65. The van der Waals surface area contributed by atoms with Crippen LogP contribution in [-0.4, -0.2) is 66.2 Å². The maximum atomic E-state index is 14.2. The molecule has 3 fully saturated rings. The van der Waals surface area contributed by atoms with Crippen molar-refractivity contribution in [2.24, 2.45) is 0 Å². The minimum Gasteiger partial charge on any atom is -0.465 e. The summed E-state index contributed by atoms with van der Waals surface area (Å²) in [7, 11) is 0. The molecule has 3 aliphatic rings. The van der Waals surface area contributed by atoms with Gasteiger partial charge in [-0.3, -0.25) is 14.6 Å². The van der Waals surface area contributed by atoms with E-state index in [0.717, 1.165) is 55.6 Å². The Bertz CT molecular complexity index is 1440. The number of rotatable bonds is 8. The Hall–Kier alpha value is -3.39. The Balaban J connectivity index is 1.20. The maximum absolute atomic E-state index is 14.2. The topological polar surface area (TPSA) is 90.7 Å². The Morgan fingerprint density at radius 2 is 1.63 bits per heavy atom. The number of carbonyl (C=O) groups is 2. The van der Waals surface area contributed by atoms with E-state index in [9.17, 15) is 14.7 Å². The van der Waals surface area contributed by atoms with Crippen LogP contribution in [0.5, 0.6) is 0 Å². The van der Waals surface area contributed by atoms with Crippen LogP contribution in [0.4, 0.5) is 4.79 Å². The predicted octanol–water partition coefficient (Wildman–Crippen LogP) is 6.85. The van der Waals surface area contributed by atoms with Crippen molar-refractivity contribution in [3.05, 3.63) is 66.0 Å². The van der Waals surface area contributed by atoms with Gasteiger partial charge in [-0.05, 0) is 90.3 Å². The number of aromatic nitrogens is 2. The zero-order valence-electron chi connectivity index (χ0n) is 26.1. The van der Waals surface area contributed by atoms with Gasteiger partial charge in [0.1, 0.15) is 11.4 Å². The van der Waals surface area contributed by atoms with E-state index in [-0.39, 0.29) is 11.9 Å². The predicted molar refractivity (Wildman–Crippen MR) is 169 cm³/mol. The lowest BCUT2D eigenvalue weighted by Crippen LogP contribution is -2.65. The lowest BCUT2D eigenvalue weighted by molar-refractivity contribution is -0.136. The molecule has 2 bridgehead atoms. The molecule has 3 aromatic rings. The van der Waals surface area contributed by atoms with Crippen molar-refractivity contribution in [1.29, 1.82) is 0 Å². The number of piperidine rings is 1. The van der Waals surface area contributed by atoms with Crippen LogP contribution in [0.15, 0.2) is 54.6 Å². The molecule has 2 N–H and O–H groups in total. The standard InChI is InChI=1S/C35H47N5O3/c1-24-36-30-14-8-9-15-31(30)39(24)28-22-26-16-17-27(23-28)38(26)21-18-29(25-12-6-5-7-13-25)37-32(41)35(19-10-11-20-35)40(33(42)43)34(2,3)4/h5-9,12-15,26-29H,10-11,16-23H2,1-4H3,(H,37,41)(H,42,43)/t26-,27+,28-,29-/m0/s1. The maximum Gasteiger partial charge on any atom is 0.408 e. The molecule has 2 aliphatic heterocycles. The van der Waals surface area contributed by atoms with Crippen LogP contribution in [0.1, 0.15) is 102 Å². The highest BCUT2D eigenvalue weighted by Crippen LogP contribution is 2.43. The largest absolute Gasteiger partial charge is 0.465 e. The van der Waals surface area contributed by atoms with Gasteiger partial charge in [-0.25, -0.2) is 9.78 Å². The first-order valence-electron chi connectivity index (χ1n) is 16.2. The number of imidazole rings is 1. The summed E-state index contributed by atoms with van der Waals surface area (Å²) in [6.45, 7) is 8.69. The summed E-state index contributed by atoms with van der Waals surface area (Å²) in [5.41, 5.74) is 1.66. The van der Waals surface area contributed by atoms with E-state index in [0.29, 0.717) is 31.0 Å². The summed E-state index contributed by atoms with van der Waals surface area (Å²) in [4.78, 5) is 35.7. The minimum atomic E-state index is -1.04. The first kappa shape index (κ1) is 29.7. The number of carboxylic acid groups (broad SMARTS) is 1. The van der Waals surface area contributed by atoms with Crippen molar-refractivity contribution in [3.63, 3.8) is 0 Å². The minimum absolute atomic E-state index is 0.152. The van der Waals surface area contributed by atoms with Crippen molar-refractivity contribution in [2.45, 2.75) is 121 Å². The van der Waals surface area contributed by atoms with Gasteiger partial charge in [-0.1, -0.05) is 55.3 Å². The van der Waals surface area contributed by atoms with E-state index < -0.39 is 17.2 Å². The summed E-state index contributed by atoms with van der Waals surface area (Å²) in [6, 6.07) is 20.0. The highest BCUT2D eigenvalue weighted by molar-refractivity contribution is 5.90. The van der Waals surface area contributed by atoms with Crippen LogP contribution < -0.4 is 5.32 Å². The zero-order valence-corrected chi connectivity index (χ0v) is 26.1. The Morgan fingerprint density at radius 1 is 1.00 bits per heavy atom. The van der Waals surface area contributed by atoms with Gasteiger partial charge >= 0.3 is 6.09 Å². The number of hydrogen-bond donors (Lipinski definition) is 2. The molecule has 8 heteroatoms. The lowest BCUT2D eigenvalue weighted by Gasteiger charge is -2.46. The molecule has 1 aromatic heterocycles. The first-order chi connectivity index (χ1) is 20.6. The Kier molecular flexibility index (Phi) is 8.01. The number of nitrogens with one attached hydrogen (secondary N) is 1. The summed E-state index contributed by atoms with van der Waals surface area (Å²) in [6.07, 6.45) is 7.23. The highest BCUT2D eigenvalue weighted by Gasteiger charge is 2.53. The number of nitrogens with zero attached hydrogens (tertiary/aromatic N) is 4. The SMILES string of the molecule is Cc1nc2ccccc2n1[C@@H]1C[C@H]2CC[C@@H](C1)N2CC[C@H](NC(=O)C1(N(C(=O)O)C(C)(C)C)CCCC1)c1ccccc1. The summed E-state index contributed by atoms with van der Waals surface area (Å²) in [5.74, 6) is 0.942. The molecule has 2 aromatic carbocycles. The molecule has 0 unspecified atom stereocenters. The van der Waals surface area contributed by atoms with Gasteiger partial charge < -0.3 is 15.0 Å². The van der Waals surface area contributed by atoms with Crippen molar-refractivity contribution in [2.75, 3.05) is 6.54 Å². The van der Waals surface area contributed by atoms with Gasteiger partial charge in [0.25, 0.3) is 0 Å². The third-order valence-corrected chi connectivity index (χ3v) is 10.3. The van der Waals surface area contributed by atoms with Crippen LogP contribution in [0.2, 0.25) is 0 Å². The molecule has 0 radical (unpaired) electrons. The van der Waals surface area contributed by atoms with Crippen LogP contribution >= 0.6 is 0 Å². The number of amides is 2. The van der Waals surface area contributed by atoms with Crippen LogP contribution in [0.3, 0.4) is 0 Å². The van der Waals surface area contributed by atoms with Crippen molar-refractivity contribution in [3.8, 4) is 0 Å². The van der Waals surface area contributed by atoms with Gasteiger partial charge in [-0.2, -0.15) is 0 Å². The first-order valence-corrected chi connectivity index (χ1v) is 16.2.